The van der Waals surface area contributed by atoms with Gasteiger partial charge in [0.15, 0.2) is 17.1 Å². The van der Waals surface area contributed by atoms with Crippen LogP contribution in [0.1, 0.15) is 18.9 Å². The molecule has 0 radical (unpaired) electrons. The Morgan fingerprint density at radius 2 is 2.00 bits per heavy atom. The van der Waals surface area contributed by atoms with Crippen molar-refractivity contribution < 1.29 is 14.3 Å². The van der Waals surface area contributed by atoms with Crippen LogP contribution in [0.5, 0.6) is 11.5 Å². The number of hydrogen-bond acceptors (Lipinski definition) is 6. The summed E-state index contributed by atoms with van der Waals surface area (Å²) in [5.74, 6) is 1.81. The lowest BCUT2D eigenvalue weighted by Gasteiger charge is -2.16. The smallest absolute Gasteiger partial charge is 0.234 e. The van der Waals surface area contributed by atoms with Crippen LogP contribution in [-0.4, -0.2) is 33.5 Å². The number of anilines is 1. The third-order valence-corrected chi connectivity index (χ3v) is 5.82. The number of allylic oxidation sites excluding steroid dienone is 1. The Morgan fingerprint density at radius 1 is 1.25 bits per heavy atom. The molecular weight excluding hydrogens is 471 g/mol. The minimum atomic E-state index is -0.441. The molecule has 168 valence electrons. The van der Waals surface area contributed by atoms with E-state index in [1.165, 1.54) is 11.8 Å². The van der Waals surface area contributed by atoms with Crippen molar-refractivity contribution in [1.29, 1.82) is 0 Å². The lowest BCUT2D eigenvalue weighted by molar-refractivity contribution is -0.113. The first kappa shape index (κ1) is 24.0. The minimum absolute atomic E-state index is 0.160. The number of nitrogens with one attached hydrogen (secondary N) is 1. The number of methoxy groups -OCH3 is 1. The van der Waals surface area contributed by atoms with Crippen LogP contribution >= 0.6 is 35.0 Å². The summed E-state index contributed by atoms with van der Waals surface area (Å²) >= 11 is 13.4. The molecule has 1 atom stereocenters. The molecule has 0 spiro atoms. The number of thioether (sulfide) groups is 1. The van der Waals surface area contributed by atoms with Crippen LogP contribution in [0.25, 0.3) is 0 Å². The van der Waals surface area contributed by atoms with E-state index in [1.807, 2.05) is 11.5 Å². The summed E-state index contributed by atoms with van der Waals surface area (Å²) in [6.45, 7) is 6.11. The first-order valence-electron chi connectivity index (χ1n) is 9.63. The highest BCUT2D eigenvalue weighted by Crippen LogP contribution is 2.31. The quantitative estimate of drug-likeness (QED) is 0.291. The Labute approximate surface area is 200 Å². The van der Waals surface area contributed by atoms with E-state index in [-0.39, 0.29) is 11.7 Å². The number of nitrogens with zero attached hydrogens (tertiary/aromatic N) is 3. The predicted molar refractivity (Wildman–Crippen MR) is 128 cm³/mol. The van der Waals surface area contributed by atoms with Gasteiger partial charge in [-0.15, -0.1) is 16.8 Å². The SMILES string of the molecule is C=CCn1c(SCC(=O)Nc2ccc(OC)cc2)nnc1C(C)Oc1ccc(Cl)cc1Cl. The van der Waals surface area contributed by atoms with Crippen molar-refractivity contribution in [3.05, 3.63) is 71.0 Å². The standard InChI is InChI=1S/C22H22Cl2N4O3S/c1-4-11-28-21(14(2)31-19-10-5-15(23)12-18(19)24)26-27-22(28)32-13-20(29)25-16-6-8-17(30-3)9-7-16/h4-10,12,14H,1,11,13H2,2-3H3,(H,25,29). The number of amides is 1. The molecule has 3 rings (SSSR count). The maximum absolute atomic E-state index is 12.4. The average Bonchev–Trinajstić information content (AvgIpc) is 3.18. The monoisotopic (exact) mass is 492 g/mol. The highest BCUT2D eigenvalue weighted by atomic mass is 35.5. The molecule has 1 heterocycles. The number of ether oxygens (including phenoxy) is 2. The summed E-state index contributed by atoms with van der Waals surface area (Å²) < 4.78 is 12.9. The molecule has 0 bridgehead atoms. The maximum atomic E-state index is 12.4. The third-order valence-electron chi connectivity index (χ3n) is 4.32. The second-order valence-electron chi connectivity index (χ2n) is 6.64. The molecule has 0 saturated carbocycles. The molecule has 10 heteroatoms. The number of hydrogen-bond donors (Lipinski definition) is 1. The highest BCUT2D eigenvalue weighted by Gasteiger charge is 2.20. The van der Waals surface area contributed by atoms with Gasteiger partial charge in [-0.1, -0.05) is 41.0 Å². The Morgan fingerprint density at radius 3 is 2.66 bits per heavy atom. The maximum Gasteiger partial charge on any atom is 0.234 e. The molecule has 32 heavy (non-hydrogen) atoms. The van der Waals surface area contributed by atoms with E-state index in [4.69, 9.17) is 32.7 Å². The fourth-order valence-corrected chi connectivity index (χ4v) is 4.03. The number of halogens is 2. The van der Waals surface area contributed by atoms with Gasteiger partial charge in [-0.3, -0.25) is 9.36 Å². The summed E-state index contributed by atoms with van der Waals surface area (Å²) in [5.41, 5.74) is 0.687. The predicted octanol–water partition coefficient (Wildman–Crippen LogP) is 5.65. The van der Waals surface area contributed by atoms with Gasteiger partial charge >= 0.3 is 0 Å². The van der Waals surface area contributed by atoms with Crippen molar-refractivity contribution in [3.8, 4) is 11.5 Å². The molecule has 1 aromatic heterocycles. The van der Waals surface area contributed by atoms with Crippen LogP contribution in [0.2, 0.25) is 10.0 Å². The van der Waals surface area contributed by atoms with Gasteiger partial charge in [0.05, 0.1) is 17.9 Å². The zero-order valence-corrected chi connectivity index (χ0v) is 19.9. The van der Waals surface area contributed by atoms with E-state index in [2.05, 4.69) is 22.1 Å². The second kappa shape index (κ2) is 11.3. The first-order valence-corrected chi connectivity index (χ1v) is 11.4. The highest BCUT2D eigenvalue weighted by molar-refractivity contribution is 7.99. The Balaban J connectivity index is 1.66. The number of aromatic nitrogens is 3. The van der Waals surface area contributed by atoms with Gasteiger partial charge in [-0.05, 0) is 49.4 Å². The van der Waals surface area contributed by atoms with Gasteiger partial charge < -0.3 is 14.8 Å². The number of benzene rings is 2. The molecule has 0 aliphatic carbocycles. The number of carbonyl (C=O) groups is 1. The van der Waals surface area contributed by atoms with Crippen molar-refractivity contribution in [2.75, 3.05) is 18.2 Å². The van der Waals surface area contributed by atoms with E-state index in [0.717, 1.165) is 5.75 Å². The molecular formula is C22H22Cl2N4O3S. The molecule has 0 aliphatic rings. The van der Waals surface area contributed by atoms with Crippen LogP contribution in [0.15, 0.2) is 60.3 Å². The van der Waals surface area contributed by atoms with E-state index in [1.54, 1.807) is 55.7 Å². The molecule has 1 N–H and O–H groups in total. The van der Waals surface area contributed by atoms with E-state index >= 15 is 0 Å². The third kappa shape index (κ3) is 6.18. The van der Waals surface area contributed by atoms with Crippen molar-refractivity contribution in [3.63, 3.8) is 0 Å². The molecule has 1 amide bonds. The normalized spacial score (nSPS) is 11.6. The molecule has 0 saturated heterocycles. The molecule has 7 nitrogen and oxygen atoms in total. The molecule has 0 fully saturated rings. The van der Waals surface area contributed by atoms with Crippen molar-refractivity contribution >= 4 is 46.6 Å². The summed E-state index contributed by atoms with van der Waals surface area (Å²) in [6.07, 6.45) is 1.29. The minimum Gasteiger partial charge on any atom is -0.497 e. The summed E-state index contributed by atoms with van der Waals surface area (Å²) in [5, 5.41) is 12.9. The van der Waals surface area contributed by atoms with Crippen molar-refractivity contribution in [2.24, 2.45) is 0 Å². The van der Waals surface area contributed by atoms with Crippen LogP contribution in [-0.2, 0) is 11.3 Å². The lowest BCUT2D eigenvalue weighted by atomic mass is 10.3. The van der Waals surface area contributed by atoms with Gasteiger partial charge in [0.2, 0.25) is 5.91 Å². The summed E-state index contributed by atoms with van der Waals surface area (Å²) in [7, 11) is 1.59. The number of carbonyl (C=O) groups excluding carboxylic acids is 1. The number of rotatable bonds is 10. The van der Waals surface area contributed by atoms with Gasteiger partial charge in [0.25, 0.3) is 0 Å². The zero-order valence-electron chi connectivity index (χ0n) is 17.5. The lowest BCUT2D eigenvalue weighted by Crippen LogP contribution is -2.15. The van der Waals surface area contributed by atoms with Crippen LogP contribution < -0.4 is 14.8 Å². The molecule has 2 aromatic carbocycles. The fourth-order valence-electron chi connectivity index (χ4n) is 2.82. The second-order valence-corrected chi connectivity index (χ2v) is 8.43. The largest absolute Gasteiger partial charge is 0.497 e. The Kier molecular flexibility index (Phi) is 8.44. The van der Waals surface area contributed by atoms with Crippen LogP contribution in [0, 0.1) is 0 Å². The van der Waals surface area contributed by atoms with Gasteiger partial charge in [-0.2, -0.15) is 0 Å². The van der Waals surface area contributed by atoms with Crippen LogP contribution in [0.4, 0.5) is 5.69 Å². The topological polar surface area (TPSA) is 78.3 Å². The molecule has 3 aromatic rings. The Bertz CT molecular complexity index is 1090. The van der Waals surface area contributed by atoms with Gasteiger partial charge in [0.1, 0.15) is 11.5 Å². The molecule has 0 aliphatic heterocycles. The van der Waals surface area contributed by atoms with Crippen LogP contribution in [0.3, 0.4) is 0 Å². The zero-order chi connectivity index (χ0) is 23.1. The van der Waals surface area contributed by atoms with Crippen molar-refractivity contribution in [2.45, 2.75) is 24.7 Å². The average molecular weight is 493 g/mol. The van der Waals surface area contributed by atoms with Gasteiger partial charge in [0, 0.05) is 17.3 Å². The van der Waals surface area contributed by atoms with E-state index < -0.39 is 6.10 Å². The van der Waals surface area contributed by atoms with Crippen molar-refractivity contribution in [1.82, 2.24) is 14.8 Å². The summed E-state index contributed by atoms with van der Waals surface area (Å²) in [4.78, 5) is 12.4. The first-order chi connectivity index (χ1) is 15.4. The fraction of sp³-hybridized carbons (Fsp3) is 0.227. The Hall–Kier alpha value is -2.68. The van der Waals surface area contributed by atoms with E-state index in [9.17, 15) is 4.79 Å². The van der Waals surface area contributed by atoms with E-state index in [0.29, 0.717) is 39.0 Å². The van der Waals surface area contributed by atoms with Gasteiger partial charge in [-0.25, -0.2) is 0 Å². The summed E-state index contributed by atoms with van der Waals surface area (Å²) in [6, 6.07) is 12.1. The molecule has 1 unspecified atom stereocenters.